The molecule has 1 unspecified atom stereocenters. The zero-order valence-electron chi connectivity index (χ0n) is 18.0. The molecule has 10 heteroatoms. The van der Waals surface area contributed by atoms with Crippen molar-refractivity contribution in [1.82, 2.24) is 15.5 Å². The Balaban J connectivity index is 0.00000363. The summed E-state index contributed by atoms with van der Waals surface area (Å²) in [6.07, 6.45) is 0. The maximum Gasteiger partial charge on any atom is 0.274 e. The van der Waals surface area contributed by atoms with Crippen molar-refractivity contribution in [2.75, 3.05) is 39.4 Å². The van der Waals surface area contributed by atoms with E-state index in [1.807, 2.05) is 6.92 Å². The van der Waals surface area contributed by atoms with Gasteiger partial charge in [-0.1, -0.05) is 30.3 Å². The van der Waals surface area contributed by atoms with E-state index in [2.05, 4.69) is 20.5 Å². The number of nitrogens with one attached hydrogen (secondary N) is 2. The zero-order chi connectivity index (χ0) is 22.1. The molecule has 1 heterocycles. The van der Waals surface area contributed by atoms with Gasteiger partial charge >= 0.3 is 0 Å². The Morgan fingerprint density at radius 1 is 1.19 bits per heavy atom. The summed E-state index contributed by atoms with van der Waals surface area (Å²) in [5.41, 5.74) is 1.61. The molecule has 174 valence electrons. The van der Waals surface area contributed by atoms with Gasteiger partial charge in [0.05, 0.1) is 36.3 Å². The van der Waals surface area contributed by atoms with Gasteiger partial charge in [0.2, 0.25) is 0 Å². The van der Waals surface area contributed by atoms with Gasteiger partial charge in [0.25, 0.3) is 5.69 Å². The van der Waals surface area contributed by atoms with Crippen LogP contribution in [0.15, 0.2) is 53.5 Å². The largest absolute Gasteiger partial charge is 0.379 e. The number of morpholine rings is 1. The quantitative estimate of drug-likeness (QED) is 0.170. The first-order valence-electron chi connectivity index (χ1n) is 10.4. The predicted molar refractivity (Wildman–Crippen MR) is 133 cm³/mol. The Morgan fingerprint density at radius 2 is 1.88 bits per heavy atom. The summed E-state index contributed by atoms with van der Waals surface area (Å²) in [7, 11) is 0. The number of guanidine groups is 1. The molecule has 0 saturated carbocycles. The molecule has 2 aromatic carbocycles. The van der Waals surface area contributed by atoms with Crippen LogP contribution in [0, 0.1) is 15.9 Å². The van der Waals surface area contributed by atoms with Crippen LogP contribution in [0.5, 0.6) is 0 Å². The van der Waals surface area contributed by atoms with Gasteiger partial charge in [-0.25, -0.2) is 9.38 Å². The molecule has 0 amide bonds. The molecule has 0 aromatic heterocycles. The van der Waals surface area contributed by atoms with Gasteiger partial charge in [-0.15, -0.1) is 24.0 Å². The van der Waals surface area contributed by atoms with E-state index in [9.17, 15) is 14.5 Å². The molecule has 0 aliphatic carbocycles. The van der Waals surface area contributed by atoms with Crippen molar-refractivity contribution in [3.63, 3.8) is 0 Å². The lowest BCUT2D eigenvalue weighted by molar-refractivity contribution is -0.385. The van der Waals surface area contributed by atoms with Gasteiger partial charge in [0, 0.05) is 32.2 Å². The third-order valence-corrected chi connectivity index (χ3v) is 5.14. The minimum Gasteiger partial charge on any atom is -0.379 e. The molecule has 32 heavy (non-hydrogen) atoms. The summed E-state index contributed by atoms with van der Waals surface area (Å²) in [5.74, 6) is 0.304. The van der Waals surface area contributed by atoms with Crippen molar-refractivity contribution in [2.24, 2.45) is 4.99 Å². The van der Waals surface area contributed by atoms with Crippen LogP contribution in [0.2, 0.25) is 0 Å². The van der Waals surface area contributed by atoms with Gasteiger partial charge in [0.15, 0.2) is 5.96 Å². The Bertz CT molecular complexity index is 891. The number of ether oxygens (including phenoxy) is 1. The molecular formula is C22H29FIN5O3. The molecule has 2 N–H and O–H groups in total. The molecule has 1 aliphatic rings. The highest BCUT2D eigenvalue weighted by Crippen LogP contribution is 2.22. The summed E-state index contributed by atoms with van der Waals surface area (Å²) in [4.78, 5) is 17.7. The highest BCUT2D eigenvalue weighted by molar-refractivity contribution is 14.0. The van der Waals surface area contributed by atoms with E-state index >= 15 is 0 Å². The number of nitro groups is 1. The van der Waals surface area contributed by atoms with E-state index in [1.54, 1.807) is 30.3 Å². The number of hydrogen-bond acceptors (Lipinski definition) is 5. The smallest absolute Gasteiger partial charge is 0.274 e. The molecule has 1 atom stereocenters. The van der Waals surface area contributed by atoms with Crippen molar-refractivity contribution in [2.45, 2.75) is 19.5 Å². The highest BCUT2D eigenvalue weighted by Gasteiger charge is 2.23. The van der Waals surface area contributed by atoms with E-state index < -0.39 is 4.92 Å². The number of halogens is 2. The molecule has 0 bridgehead atoms. The van der Waals surface area contributed by atoms with Crippen LogP contribution < -0.4 is 10.6 Å². The lowest BCUT2D eigenvalue weighted by Crippen LogP contribution is -2.46. The molecule has 0 spiro atoms. The van der Waals surface area contributed by atoms with E-state index in [-0.39, 0.29) is 48.1 Å². The number of para-hydroxylation sites is 1. The average Bonchev–Trinajstić information content (AvgIpc) is 2.79. The van der Waals surface area contributed by atoms with Crippen molar-refractivity contribution in [3.05, 3.63) is 75.6 Å². The Kier molecular flexibility index (Phi) is 10.8. The monoisotopic (exact) mass is 557 g/mol. The molecular weight excluding hydrogens is 528 g/mol. The summed E-state index contributed by atoms with van der Waals surface area (Å²) in [6, 6.07) is 13.1. The van der Waals surface area contributed by atoms with Crippen molar-refractivity contribution in [1.29, 1.82) is 0 Å². The fourth-order valence-corrected chi connectivity index (χ4v) is 3.55. The van der Waals surface area contributed by atoms with Crippen molar-refractivity contribution < 1.29 is 14.1 Å². The zero-order valence-corrected chi connectivity index (χ0v) is 20.3. The van der Waals surface area contributed by atoms with Gasteiger partial charge in [0.1, 0.15) is 5.82 Å². The van der Waals surface area contributed by atoms with Crippen LogP contribution >= 0.6 is 24.0 Å². The predicted octanol–water partition coefficient (Wildman–Crippen LogP) is 3.48. The molecule has 0 radical (unpaired) electrons. The summed E-state index contributed by atoms with van der Waals surface area (Å²) in [5, 5.41) is 17.8. The highest BCUT2D eigenvalue weighted by atomic mass is 127. The van der Waals surface area contributed by atoms with Gasteiger partial charge in [-0.05, 0) is 24.6 Å². The SMILES string of the molecule is CCNC(=NCc1ccccc1[N+](=O)[O-])NCC(c1ccc(F)cc1)N1CCOCC1.I. The van der Waals surface area contributed by atoms with Crippen LogP contribution in [0.4, 0.5) is 10.1 Å². The lowest BCUT2D eigenvalue weighted by Gasteiger charge is -2.35. The second kappa shape index (κ2) is 13.3. The van der Waals surface area contributed by atoms with E-state index in [4.69, 9.17) is 4.74 Å². The van der Waals surface area contributed by atoms with Crippen LogP contribution in [0.3, 0.4) is 0 Å². The normalized spacial score (nSPS) is 15.5. The fourth-order valence-electron chi connectivity index (χ4n) is 3.55. The Labute approximate surface area is 204 Å². The number of benzene rings is 2. The van der Waals surface area contributed by atoms with Crippen molar-refractivity contribution in [3.8, 4) is 0 Å². The third kappa shape index (κ3) is 7.38. The second-order valence-corrected chi connectivity index (χ2v) is 7.18. The van der Waals surface area contributed by atoms with Crippen LogP contribution in [0.1, 0.15) is 24.1 Å². The van der Waals surface area contributed by atoms with Gasteiger partial charge in [-0.2, -0.15) is 0 Å². The fraction of sp³-hybridized carbons (Fsp3) is 0.409. The number of nitro benzene ring substituents is 1. The molecule has 1 fully saturated rings. The molecule has 2 aromatic rings. The van der Waals surface area contributed by atoms with E-state index in [0.717, 1.165) is 18.7 Å². The standard InChI is InChI=1S/C22H28FN5O3.HI/c1-2-24-22(25-15-18-5-3-4-6-20(18)28(29)30)26-16-21(27-11-13-31-14-12-27)17-7-9-19(23)10-8-17;/h3-10,21H,2,11-16H2,1H3,(H2,24,25,26);1H. The van der Waals surface area contributed by atoms with Crippen molar-refractivity contribution >= 4 is 35.6 Å². The first-order valence-corrected chi connectivity index (χ1v) is 10.4. The first-order chi connectivity index (χ1) is 15.1. The summed E-state index contributed by atoms with van der Waals surface area (Å²) < 4.78 is 18.9. The lowest BCUT2D eigenvalue weighted by atomic mass is 10.0. The number of hydrogen-bond donors (Lipinski definition) is 2. The molecule has 8 nitrogen and oxygen atoms in total. The third-order valence-electron chi connectivity index (χ3n) is 5.14. The summed E-state index contributed by atoms with van der Waals surface area (Å²) >= 11 is 0. The molecule has 1 aliphatic heterocycles. The topological polar surface area (TPSA) is 92.0 Å². The van der Waals surface area contributed by atoms with Crippen LogP contribution in [-0.4, -0.2) is 55.2 Å². The number of aliphatic imine (C=N–C) groups is 1. The Hall–Kier alpha value is -2.31. The number of nitrogens with zero attached hydrogens (tertiary/aromatic N) is 3. The number of rotatable bonds is 8. The van der Waals surface area contributed by atoms with Crippen LogP contribution in [0.25, 0.3) is 0 Å². The van der Waals surface area contributed by atoms with E-state index in [1.165, 1.54) is 18.2 Å². The maximum atomic E-state index is 13.4. The first kappa shape index (κ1) is 25.9. The molecule has 3 rings (SSSR count). The van der Waals surface area contributed by atoms with Crippen LogP contribution in [-0.2, 0) is 11.3 Å². The van der Waals surface area contributed by atoms with Gasteiger partial charge in [-0.3, -0.25) is 15.0 Å². The average molecular weight is 557 g/mol. The minimum absolute atomic E-state index is 0. The van der Waals surface area contributed by atoms with E-state index in [0.29, 0.717) is 37.8 Å². The minimum atomic E-state index is -0.395. The van der Waals surface area contributed by atoms with Gasteiger partial charge < -0.3 is 15.4 Å². The summed E-state index contributed by atoms with van der Waals surface area (Å²) in [6.45, 7) is 6.23. The molecule has 1 saturated heterocycles. The maximum absolute atomic E-state index is 13.4. The Morgan fingerprint density at radius 3 is 2.53 bits per heavy atom. The second-order valence-electron chi connectivity index (χ2n) is 7.18.